The molecule has 0 N–H and O–H groups in total. The van der Waals surface area contributed by atoms with Gasteiger partial charge in [0.25, 0.3) is 0 Å². The van der Waals surface area contributed by atoms with E-state index in [0.29, 0.717) is 12.5 Å². The molecule has 1 aromatic rings. The monoisotopic (exact) mass is 293 g/mol. The van der Waals surface area contributed by atoms with Crippen molar-refractivity contribution < 1.29 is 9.47 Å². The van der Waals surface area contributed by atoms with Gasteiger partial charge in [-0.15, -0.1) is 0 Å². The lowest BCUT2D eigenvalue weighted by Gasteiger charge is -2.26. The van der Waals surface area contributed by atoms with E-state index < -0.39 is 5.60 Å². The molecule has 0 aromatic carbocycles. The van der Waals surface area contributed by atoms with Gasteiger partial charge in [0.05, 0.1) is 30.5 Å². The summed E-state index contributed by atoms with van der Waals surface area (Å²) in [6.45, 7) is 12.7. The quantitative estimate of drug-likeness (QED) is 0.569. The fourth-order valence-electron chi connectivity index (χ4n) is 2.20. The zero-order valence-corrected chi connectivity index (χ0v) is 14.2. The second kappa shape index (κ2) is 7.41. The number of hydrogen-bond acceptors (Lipinski definition) is 4. The molecule has 1 heterocycles. The summed E-state index contributed by atoms with van der Waals surface area (Å²) in [6, 6.07) is 0. The molecule has 1 aromatic heterocycles. The lowest BCUT2D eigenvalue weighted by Crippen LogP contribution is -2.35. The molecule has 0 aliphatic heterocycles. The molecule has 118 valence electrons. The molecule has 0 unspecified atom stereocenters. The highest BCUT2D eigenvalue weighted by Crippen LogP contribution is 2.20. The smallest absolute Gasteiger partial charge is 0.233 e. The molecule has 0 saturated carbocycles. The van der Waals surface area contributed by atoms with Crippen LogP contribution in [0.15, 0.2) is 23.4 Å². The second-order valence-corrected chi connectivity index (χ2v) is 5.37. The number of rotatable bonds is 7. The number of aryl methyl sites for hydroxylation is 1. The molecule has 0 aliphatic carbocycles. The summed E-state index contributed by atoms with van der Waals surface area (Å²) in [5.41, 5.74) is 2.41. The largest absolute Gasteiger partial charge is 0.480 e. The van der Waals surface area contributed by atoms with E-state index in [0.717, 1.165) is 23.5 Å². The van der Waals surface area contributed by atoms with E-state index in [4.69, 9.17) is 9.47 Å². The van der Waals surface area contributed by atoms with Gasteiger partial charge in [0.15, 0.2) is 0 Å². The Morgan fingerprint density at radius 3 is 2.48 bits per heavy atom. The van der Waals surface area contributed by atoms with Crippen LogP contribution in [0.2, 0.25) is 0 Å². The number of aromatic nitrogens is 2. The van der Waals surface area contributed by atoms with Crippen molar-refractivity contribution in [2.75, 3.05) is 13.7 Å². The Kier molecular flexibility index (Phi) is 6.15. The van der Waals surface area contributed by atoms with Crippen LogP contribution in [0.4, 0.5) is 0 Å². The van der Waals surface area contributed by atoms with Crippen LogP contribution in [0.25, 0.3) is 5.70 Å². The van der Waals surface area contributed by atoms with Crippen molar-refractivity contribution in [1.82, 2.24) is 9.55 Å². The Morgan fingerprint density at radius 1 is 1.38 bits per heavy atom. The number of nitrogens with zero attached hydrogens (tertiary/aromatic N) is 3. The number of allylic oxidation sites excluding steroid dienone is 1. The van der Waals surface area contributed by atoms with Crippen molar-refractivity contribution in [2.45, 2.75) is 53.6 Å². The molecule has 0 spiro atoms. The molecule has 0 bridgehead atoms. The predicted molar refractivity (Wildman–Crippen MR) is 86.3 cm³/mol. The maximum atomic E-state index is 5.79. The number of methoxy groups -OCH3 is 1. The van der Waals surface area contributed by atoms with E-state index >= 15 is 0 Å². The number of ether oxygens (including phenoxy) is 2. The highest BCUT2D eigenvalue weighted by atomic mass is 16.5. The molecule has 0 atom stereocenters. The predicted octanol–water partition coefficient (Wildman–Crippen LogP) is 3.65. The molecule has 0 fully saturated rings. The molecule has 5 heteroatoms. The normalized spacial score (nSPS) is 14.1. The van der Waals surface area contributed by atoms with Crippen molar-refractivity contribution in [2.24, 2.45) is 4.99 Å². The van der Waals surface area contributed by atoms with Crippen molar-refractivity contribution in [3.05, 3.63) is 24.1 Å². The van der Waals surface area contributed by atoms with Crippen molar-refractivity contribution in [3.63, 3.8) is 0 Å². The van der Waals surface area contributed by atoms with Gasteiger partial charge in [-0.25, -0.2) is 9.98 Å². The fourth-order valence-corrected chi connectivity index (χ4v) is 2.20. The Morgan fingerprint density at radius 2 is 2.05 bits per heavy atom. The van der Waals surface area contributed by atoms with Crippen LogP contribution in [-0.2, 0) is 9.47 Å². The zero-order valence-electron chi connectivity index (χ0n) is 14.2. The maximum absolute atomic E-state index is 5.79. The summed E-state index contributed by atoms with van der Waals surface area (Å²) in [5.74, 6) is 0.581. The van der Waals surface area contributed by atoms with E-state index in [1.165, 1.54) is 0 Å². The lowest BCUT2D eigenvalue weighted by atomic mass is 10.00. The van der Waals surface area contributed by atoms with Crippen LogP contribution >= 0.6 is 0 Å². The molecule has 0 radical (unpaired) electrons. The summed E-state index contributed by atoms with van der Waals surface area (Å²) in [5, 5.41) is 0. The summed E-state index contributed by atoms with van der Waals surface area (Å²) >= 11 is 0. The Bertz CT molecular complexity index is 527. The van der Waals surface area contributed by atoms with Gasteiger partial charge in [-0.05, 0) is 41.0 Å². The molecule has 1 rings (SSSR count). The van der Waals surface area contributed by atoms with E-state index in [-0.39, 0.29) is 0 Å². The first-order valence-corrected chi connectivity index (χ1v) is 7.33. The van der Waals surface area contributed by atoms with Gasteiger partial charge < -0.3 is 14.0 Å². The highest BCUT2D eigenvalue weighted by Gasteiger charge is 2.24. The lowest BCUT2D eigenvalue weighted by molar-refractivity contribution is 0.0423. The van der Waals surface area contributed by atoms with Crippen LogP contribution in [0, 0.1) is 6.92 Å². The van der Waals surface area contributed by atoms with Gasteiger partial charge in [-0.1, -0.05) is 6.92 Å². The Labute approximate surface area is 127 Å². The van der Waals surface area contributed by atoms with Crippen LogP contribution in [0.5, 0.6) is 0 Å². The molecular weight excluding hydrogens is 266 g/mol. The first-order chi connectivity index (χ1) is 9.85. The minimum absolute atomic E-state index is 0.404. The van der Waals surface area contributed by atoms with Gasteiger partial charge in [0.1, 0.15) is 5.60 Å². The second-order valence-electron chi connectivity index (χ2n) is 5.37. The first kappa shape index (κ1) is 17.4. The summed E-state index contributed by atoms with van der Waals surface area (Å²) < 4.78 is 13.2. The van der Waals surface area contributed by atoms with Gasteiger partial charge >= 0.3 is 0 Å². The van der Waals surface area contributed by atoms with Crippen LogP contribution in [0.1, 0.15) is 46.7 Å². The number of hydrogen-bond donors (Lipinski definition) is 0. The standard InChI is InChI=1S/C16H27N3O2/c1-8-14(16(5,6)21-9-2)18-15(20-7)13(4)19-10-12(3)17-11-19/h10-11H,8-9H2,1-7H3/b15-13-,18-14?. The summed E-state index contributed by atoms with van der Waals surface area (Å²) in [4.78, 5) is 8.92. The SMILES string of the molecule is CCOC(C)(C)C(CC)=N/C(OC)=C(\C)n1cnc(C)c1. The third kappa shape index (κ3) is 4.43. The minimum atomic E-state index is -0.404. The zero-order chi connectivity index (χ0) is 16.0. The van der Waals surface area contributed by atoms with Gasteiger partial charge in [0.2, 0.25) is 5.88 Å². The maximum Gasteiger partial charge on any atom is 0.233 e. The van der Waals surface area contributed by atoms with Crippen LogP contribution in [-0.4, -0.2) is 34.6 Å². The van der Waals surface area contributed by atoms with Crippen LogP contribution in [0.3, 0.4) is 0 Å². The molecular formula is C16H27N3O2. The average Bonchev–Trinajstić information content (AvgIpc) is 2.85. The van der Waals surface area contributed by atoms with E-state index in [9.17, 15) is 0 Å². The van der Waals surface area contributed by atoms with Crippen LogP contribution < -0.4 is 0 Å². The summed E-state index contributed by atoms with van der Waals surface area (Å²) in [6.07, 6.45) is 4.51. The molecule has 0 saturated heterocycles. The highest BCUT2D eigenvalue weighted by molar-refractivity contribution is 5.92. The van der Waals surface area contributed by atoms with Gasteiger partial charge in [-0.2, -0.15) is 0 Å². The van der Waals surface area contributed by atoms with E-state index in [2.05, 4.69) is 16.9 Å². The Hall–Kier alpha value is -1.62. The van der Waals surface area contributed by atoms with Crippen molar-refractivity contribution >= 4 is 11.4 Å². The molecule has 0 amide bonds. The van der Waals surface area contributed by atoms with Crippen molar-refractivity contribution in [1.29, 1.82) is 0 Å². The summed E-state index contributed by atoms with van der Waals surface area (Å²) in [7, 11) is 1.63. The average molecular weight is 293 g/mol. The third-order valence-electron chi connectivity index (χ3n) is 3.37. The van der Waals surface area contributed by atoms with Gasteiger partial charge in [-0.3, -0.25) is 0 Å². The van der Waals surface area contributed by atoms with E-state index in [1.54, 1.807) is 13.4 Å². The number of imidazole rings is 1. The Balaban J connectivity index is 3.21. The molecule has 5 nitrogen and oxygen atoms in total. The first-order valence-electron chi connectivity index (χ1n) is 7.33. The molecule has 21 heavy (non-hydrogen) atoms. The molecule has 0 aliphatic rings. The number of aliphatic imine (C=N–C) groups is 1. The van der Waals surface area contributed by atoms with E-state index in [1.807, 2.05) is 45.4 Å². The van der Waals surface area contributed by atoms with Gasteiger partial charge in [0, 0.05) is 12.8 Å². The topological polar surface area (TPSA) is 48.6 Å². The minimum Gasteiger partial charge on any atom is -0.480 e. The fraction of sp³-hybridized carbons (Fsp3) is 0.625. The van der Waals surface area contributed by atoms with Crippen molar-refractivity contribution in [3.8, 4) is 0 Å². The third-order valence-corrected chi connectivity index (χ3v) is 3.37.